The Hall–Kier alpha value is -1.61. The monoisotopic (exact) mass is 219 g/mol. The van der Waals surface area contributed by atoms with Crippen molar-refractivity contribution in [2.75, 3.05) is 5.88 Å². The van der Waals surface area contributed by atoms with Crippen molar-refractivity contribution in [1.29, 1.82) is 0 Å². The van der Waals surface area contributed by atoms with Crippen LogP contribution in [0.5, 0.6) is 0 Å². The Balaban J connectivity index is 2.61. The summed E-state index contributed by atoms with van der Waals surface area (Å²) in [5.41, 5.74) is 7.30. The normalized spacial score (nSPS) is 11.9. The number of nitrogens with two attached hydrogens (primary N) is 1. The van der Waals surface area contributed by atoms with E-state index in [-0.39, 0.29) is 5.88 Å². The molecule has 1 aromatic carbocycles. The van der Waals surface area contributed by atoms with Crippen molar-refractivity contribution in [3.05, 3.63) is 36.5 Å². The number of pyridine rings is 1. The summed E-state index contributed by atoms with van der Waals surface area (Å²) in [5, 5.41) is 0.980. The van der Waals surface area contributed by atoms with Crippen LogP contribution < -0.4 is 5.73 Å². The van der Waals surface area contributed by atoms with E-state index in [1.807, 2.05) is 30.3 Å². The quantitative estimate of drug-likeness (QED) is 0.479. The van der Waals surface area contributed by atoms with Gasteiger partial charge in [0.05, 0.1) is 17.1 Å². The van der Waals surface area contributed by atoms with Gasteiger partial charge in [0.2, 0.25) is 0 Å². The minimum absolute atomic E-state index is 0.233. The van der Waals surface area contributed by atoms with Gasteiger partial charge < -0.3 is 5.73 Å². The molecule has 15 heavy (non-hydrogen) atoms. The number of aliphatic imine (C=N–C) groups is 1. The van der Waals surface area contributed by atoms with Gasteiger partial charge in [-0.15, -0.1) is 11.6 Å². The van der Waals surface area contributed by atoms with Crippen LogP contribution in [0.4, 0.5) is 5.69 Å². The highest BCUT2D eigenvalue weighted by Crippen LogP contribution is 2.23. The molecule has 1 heterocycles. The lowest BCUT2D eigenvalue weighted by Crippen LogP contribution is -2.12. The second-order valence-electron chi connectivity index (χ2n) is 3.08. The van der Waals surface area contributed by atoms with Crippen LogP contribution in [0.15, 0.2) is 41.5 Å². The lowest BCUT2D eigenvalue weighted by atomic mass is 10.2. The fourth-order valence-electron chi connectivity index (χ4n) is 1.37. The van der Waals surface area contributed by atoms with Crippen molar-refractivity contribution < 1.29 is 0 Å². The zero-order chi connectivity index (χ0) is 10.7. The van der Waals surface area contributed by atoms with E-state index in [0.29, 0.717) is 5.84 Å². The summed E-state index contributed by atoms with van der Waals surface area (Å²) in [6.45, 7) is 0. The van der Waals surface area contributed by atoms with Crippen LogP contribution in [0.1, 0.15) is 0 Å². The highest BCUT2D eigenvalue weighted by Gasteiger charge is 1.99. The van der Waals surface area contributed by atoms with Crippen LogP contribution in [0.2, 0.25) is 0 Å². The number of hydrogen-bond acceptors (Lipinski definition) is 2. The largest absolute Gasteiger partial charge is 0.386 e. The first-order valence-electron chi connectivity index (χ1n) is 4.54. The molecule has 0 aliphatic carbocycles. The summed E-state index contributed by atoms with van der Waals surface area (Å²) in [6.07, 6.45) is 1.75. The number of nitrogens with zero attached hydrogens (tertiary/aromatic N) is 2. The van der Waals surface area contributed by atoms with Crippen molar-refractivity contribution in [3.63, 3.8) is 0 Å². The average molecular weight is 220 g/mol. The van der Waals surface area contributed by atoms with Crippen LogP contribution >= 0.6 is 11.6 Å². The molecule has 0 saturated carbocycles. The third-order valence-electron chi connectivity index (χ3n) is 2.02. The van der Waals surface area contributed by atoms with Crippen LogP contribution in [0.3, 0.4) is 0 Å². The van der Waals surface area contributed by atoms with Crippen LogP contribution in [0, 0.1) is 0 Å². The lowest BCUT2D eigenvalue weighted by Gasteiger charge is -2.01. The maximum absolute atomic E-state index is 5.59. The third kappa shape index (κ3) is 2.07. The van der Waals surface area contributed by atoms with E-state index in [2.05, 4.69) is 9.98 Å². The van der Waals surface area contributed by atoms with Gasteiger partial charge in [-0.3, -0.25) is 4.98 Å². The maximum Gasteiger partial charge on any atom is 0.115 e. The molecule has 0 radical (unpaired) electrons. The summed E-state index contributed by atoms with van der Waals surface area (Å²) >= 11 is 5.58. The molecular formula is C11H10ClN3. The van der Waals surface area contributed by atoms with E-state index in [4.69, 9.17) is 17.3 Å². The lowest BCUT2D eigenvalue weighted by molar-refractivity contribution is 1.40. The van der Waals surface area contributed by atoms with E-state index >= 15 is 0 Å². The number of fused-ring (bicyclic) bond motifs is 1. The first kappa shape index (κ1) is 9.93. The molecule has 0 spiro atoms. The van der Waals surface area contributed by atoms with Gasteiger partial charge in [-0.1, -0.05) is 6.07 Å². The van der Waals surface area contributed by atoms with Gasteiger partial charge in [-0.2, -0.15) is 0 Å². The number of benzene rings is 1. The Morgan fingerprint density at radius 1 is 1.33 bits per heavy atom. The summed E-state index contributed by atoms with van der Waals surface area (Å²) in [7, 11) is 0. The molecular weight excluding hydrogens is 210 g/mol. The molecule has 0 bridgehead atoms. The van der Waals surface area contributed by atoms with Gasteiger partial charge >= 0.3 is 0 Å². The van der Waals surface area contributed by atoms with E-state index < -0.39 is 0 Å². The minimum atomic E-state index is 0.233. The molecule has 0 unspecified atom stereocenters. The van der Waals surface area contributed by atoms with Gasteiger partial charge in [0.15, 0.2) is 0 Å². The van der Waals surface area contributed by atoms with Crippen molar-refractivity contribution in [3.8, 4) is 0 Å². The first-order valence-corrected chi connectivity index (χ1v) is 5.07. The smallest absolute Gasteiger partial charge is 0.115 e. The molecule has 0 aliphatic rings. The molecule has 0 aliphatic heterocycles. The van der Waals surface area contributed by atoms with E-state index in [0.717, 1.165) is 16.6 Å². The molecule has 0 saturated heterocycles. The zero-order valence-electron chi connectivity index (χ0n) is 8.02. The number of hydrogen-bond donors (Lipinski definition) is 1. The first-order chi connectivity index (χ1) is 7.31. The SMILES string of the molecule is NC(CCl)=Nc1cccc2ncccc12. The highest BCUT2D eigenvalue weighted by atomic mass is 35.5. The molecule has 76 valence electrons. The second kappa shape index (κ2) is 4.28. The predicted molar refractivity (Wildman–Crippen MR) is 63.7 cm³/mol. The molecule has 2 aromatic rings. The molecule has 3 nitrogen and oxygen atoms in total. The van der Waals surface area contributed by atoms with Crippen molar-refractivity contribution >= 4 is 34.0 Å². The summed E-state index contributed by atoms with van der Waals surface area (Å²) in [6, 6.07) is 9.56. The molecule has 0 atom stereocenters. The van der Waals surface area contributed by atoms with Crippen LogP contribution in [0.25, 0.3) is 10.9 Å². The Morgan fingerprint density at radius 2 is 2.20 bits per heavy atom. The van der Waals surface area contributed by atoms with Gasteiger partial charge in [0.25, 0.3) is 0 Å². The van der Waals surface area contributed by atoms with E-state index in [1.165, 1.54) is 0 Å². The third-order valence-corrected chi connectivity index (χ3v) is 2.30. The average Bonchev–Trinajstić information content (AvgIpc) is 2.29. The fraction of sp³-hybridized carbons (Fsp3) is 0.0909. The van der Waals surface area contributed by atoms with Crippen molar-refractivity contribution in [2.45, 2.75) is 0 Å². The van der Waals surface area contributed by atoms with E-state index in [9.17, 15) is 0 Å². The van der Waals surface area contributed by atoms with Crippen LogP contribution in [-0.4, -0.2) is 16.7 Å². The number of aromatic nitrogens is 1. The maximum atomic E-state index is 5.59. The van der Waals surface area contributed by atoms with Gasteiger partial charge in [0, 0.05) is 11.6 Å². The Bertz CT molecular complexity index is 503. The number of alkyl halides is 1. The molecule has 1 aromatic heterocycles. The fourth-order valence-corrected chi connectivity index (χ4v) is 1.43. The van der Waals surface area contributed by atoms with Gasteiger partial charge in [-0.05, 0) is 24.3 Å². The molecule has 2 N–H and O–H groups in total. The molecule has 0 fully saturated rings. The Kier molecular flexibility index (Phi) is 2.83. The number of rotatable bonds is 2. The van der Waals surface area contributed by atoms with Crippen molar-refractivity contribution in [1.82, 2.24) is 4.98 Å². The topological polar surface area (TPSA) is 51.3 Å². The highest BCUT2D eigenvalue weighted by molar-refractivity contribution is 6.28. The second-order valence-corrected chi connectivity index (χ2v) is 3.35. The zero-order valence-corrected chi connectivity index (χ0v) is 8.78. The van der Waals surface area contributed by atoms with Gasteiger partial charge in [0.1, 0.15) is 5.84 Å². The Morgan fingerprint density at radius 3 is 3.00 bits per heavy atom. The van der Waals surface area contributed by atoms with Crippen molar-refractivity contribution in [2.24, 2.45) is 10.7 Å². The molecule has 2 rings (SSSR count). The Labute approximate surface area is 92.6 Å². The summed E-state index contributed by atoms with van der Waals surface area (Å²) < 4.78 is 0. The predicted octanol–water partition coefficient (Wildman–Crippen LogP) is 2.46. The van der Waals surface area contributed by atoms with E-state index in [1.54, 1.807) is 6.20 Å². The minimum Gasteiger partial charge on any atom is -0.386 e. The standard InChI is InChI=1S/C11H10ClN3/c12-7-11(13)15-10-5-1-4-9-8(10)3-2-6-14-9/h1-6H,7H2,(H2,13,15). The van der Waals surface area contributed by atoms with Crippen LogP contribution in [-0.2, 0) is 0 Å². The summed E-state index contributed by atoms with van der Waals surface area (Å²) in [5.74, 6) is 0.643. The molecule has 4 heteroatoms. The summed E-state index contributed by atoms with van der Waals surface area (Å²) in [4.78, 5) is 8.46. The molecule has 0 amide bonds. The van der Waals surface area contributed by atoms with Gasteiger partial charge in [-0.25, -0.2) is 4.99 Å². The number of amidine groups is 1. The number of halogens is 1.